The summed E-state index contributed by atoms with van der Waals surface area (Å²) in [6, 6.07) is 9.11. The third-order valence-electron chi connectivity index (χ3n) is 3.36. The van der Waals surface area contributed by atoms with Gasteiger partial charge in [-0.25, -0.2) is 9.78 Å². The molecule has 3 rings (SSSR count). The van der Waals surface area contributed by atoms with Crippen LogP contribution in [0, 0.1) is 6.92 Å². The van der Waals surface area contributed by atoms with Crippen LogP contribution >= 0.6 is 15.9 Å². The number of carbonyl (C=O) groups is 1. The first-order valence-electron chi connectivity index (χ1n) is 6.57. The first-order chi connectivity index (χ1) is 10.5. The van der Waals surface area contributed by atoms with Crippen LogP contribution in [0.15, 0.2) is 41.0 Å². The van der Waals surface area contributed by atoms with Crippen molar-refractivity contribution in [3.63, 3.8) is 0 Å². The van der Waals surface area contributed by atoms with Gasteiger partial charge in [0, 0.05) is 11.8 Å². The van der Waals surface area contributed by atoms with Crippen LogP contribution in [0.5, 0.6) is 5.75 Å². The van der Waals surface area contributed by atoms with Gasteiger partial charge in [0.05, 0.1) is 11.6 Å². The highest BCUT2D eigenvalue weighted by atomic mass is 79.9. The number of imidazole rings is 1. The standard InChI is InChI=1S/C16H13BrN2O3/c1-9-6-12(17)15-18-13(14(16(20)21)19(15)8-9)10-4-3-5-11(7-10)22-2/h3-8H,1-2H3,(H,20,21). The first kappa shape index (κ1) is 14.6. The summed E-state index contributed by atoms with van der Waals surface area (Å²) in [6.45, 7) is 1.90. The maximum atomic E-state index is 11.7. The minimum absolute atomic E-state index is 0.132. The number of aryl methyl sites for hydroxylation is 1. The number of aromatic carboxylic acids is 1. The van der Waals surface area contributed by atoms with Gasteiger partial charge >= 0.3 is 5.97 Å². The van der Waals surface area contributed by atoms with E-state index in [0.29, 0.717) is 22.7 Å². The number of methoxy groups -OCH3 is 1. The second-order valence-electron chi connectivity index (χ2n) is 4.91. The summed E-state index contributed by atoms with van der Waals surface area (Å²) in [5.41, 5.74) is 2.76. The van der Waals surface area contributed by atoms with E-state index in [9.17, 15) is 9.90 Å². The van der Waals surface area contributed by atoms with Gasteiger partial charge < -0.3 is 9.84 Å². The van der Waals surface area contributed by atoms with Crippen LogP contribution in [-0.4, -0.2) is 27.6 Å². The number of hydrogen-bond acceptors (Lipinski definition) is 3. The average molecular weight is 361 g/mol. The molecule has 6 heteroatoms. The van der Waals surface area contributed by atoms with Gasteiger partial charge in [0.2, 0.25) is 0 Å². The molecule has 1 aromatic carbocycles. The third kappa shape index (κ3) is 2.35. The largest absolute Gasteiger partial charge is 0.497 e. The monoisotopic (exact) mass is 360 g/mol. The van der Waals surface area contributed by atoms with E-state index >= 15 is 0 Å². The molecule has 0 aliphatic heterocycles. The Kier molecular flexibility index (Phi) is 3.62. The average Bonchev–Trinajstić information content (AvgIpc) is 2.87. The molecule has 0 spiro atoms. The second kappa shape index (κ2) is 5.46. The van der Waals surface area contributed by atoms with E-state index in [0.717, 1.165) is 10.0 Å². The number of fused-ring (bicyclic) bond motifs is 1. The van der Waals surface area contributed by atoms with Crippen molar-refractivity contribution in [2.24, 2.45) is 0 Å². The Labute approximate surface area is 135 Å². The lowest BCUT2D eigenvalue weighted by Crippen LogP contribution is -2.04. The van der Waals surface area contributed by atoms with Crippen LogP contribution in [0.25, 0.3) is 16.9 Å². The molecule has 0 unspecified atom stereocenters. The number of carboxylic acids is 1. The van der Waals surface area contributed by atoms with Gasteiger partial charge in [-0.2, -0.15) is 0 Å². The fourth-order valence-corrected chi connectivity index (χ4v) is 3.05. The normalized spacial score (nSPS) is 10.9. The molecular formula is C16H13BrN2O3. The molecule has 1 N–H and O–H groups in total. The highest BCUT2D eigenvalue weighted by molar-refractivity contribution is 9.10. The lowest BCUT2D eigenvalue weighted by molar-refractivity contribution is 0.0690. The molecule has 0 bridgehead atoms. The third-order valence-corrected chi connectivity index (χ3v) is 3.94. The Balaban J connectivity index is 2.35. The number of carboxylic acid groups (broad SMARTS) is 1. The molecule has 0 saturated heterocycles. The van der Waals surface area contributed by atoms with Gasteiger partial charge in [-0.05, 0) is 46.6 Å². The number of benzene rings is 1. The lowest BCUT2D eigenvalue weighted by atomic mass is 10.1. The summed E-state index contributed by atoms with van der Waals surface area (Å²) in [6.07, 6.45) is 1.76. The van der Waals surface area contributed by atoms with Gasteiger partial charge in [0.1, 0.15) is 11.4 Å². The zero-order valence-electron chi connectivity index (χ0n) is 12.0. The van der Waals surface area contributed by atoms with Crippen molar-refractivity contribution in [2.75, 3.05) is 7.11 Å². The Morgan fingerprint density at radius 2 is 2.14 bits per heavy atom. The van der Waals surface area contributed by atoms with Crippen molar-refractivity contribution in [3.8, 4) is 17.0 Å². The van der Waals surface area contributed by atoms with Crippen molar-refractivity contribution in [1.82, 2.24) is 9.38 Å². The van der Waals surface area contributed by atoms with Crippen LogP contribution in [-0.2, 0) is 0 Å². The molecule has 0 amide bonds. The Hall–Kier alpha value is -2.34. The van der Waals surface area contributed by atoms with E-state index < -0.39 is 5.97 Å². The molecule has 0 aliphatic rings. The van der Waals surface area contributed by atoms with Crippen molar-refractivity contribution in [2.45, 2.75) is 6.92 Å². The predicted molar refractivity (Wildman–Crippen MR) is 86.6 cm³/mol. The first-order valence-corrected chi connectivity index (χ1v) is 7.36. The Bertz CT molecular complexity index is 886. The van der Waals surface area contributed by atoms with Gasteiger partial charge in [0.25, 0.3) is 0 Å². The van der Waals surface area contributed by atoms with E-state index in [2.05, 4.69) is 20.9 Å². The summed E-state index contributed by atoms with van der Waals surface area (Å²) in [5.74, 6) is -0.371. The van der Waals surface area contributed by atoms with Crippen molar-refractivity contribution in [3.05, 3.63) is 52.3 Å². The van der Waals surface area contributed by atoms with Gasteiger partial charge in [-0.1, -0.05) is 12.1 Å². The zero-order chi connectivity index (χ0) is 15.9. The number of pyridine rings is 1. The molecular weight excluding hydrogens is 348 g/mol. The molecule has 0 atom stereocenters. The number of nitrogens with zero attached hydrogens (tertiary/aromatic N) is 2. The van der Waals surface area contributed by atoms with E-state index in [1.54, 1.807) is 29.8 Å². The van der Waals surface area contributed by atoms with Crippen molar-refractivity contribution in [1.29, 1.82) is 0 Å². The summed E-state index contributed by atoms with van der Waals surface area (Å²) in [5, 5.41) is 9.61. The van der Waals surface area contributed by atoms with E-state index in [1.165, 1.54) is 0 Å². The minimum atomic E-state index is -1.03. The van der Waals surface area contributed by atoms with Crippen LogP contribution in [0.2, 0.25) is 0 Å². The number of ether oxygens (including phenoxy) is 1. The summed E-state index contributed by atoms with van der Waals surface area (Å²) in [4.78, 5) is 16.2. The predicted octanol–water partition coefficient (Wildman–Crippen LogP) is 3.78. The lowest BCUT2D eigenvalue weighted by Gasteiger charge is -2.04. The van der Waals surface area contributed by atoms with Crippen LogP contribution in [0.3, 0.4) is 0 Å². The number of halogens is 1. The summed E-state index contributed by atoms with van der Waals surface area (Å²) in [7, 11) is 1.57. The molecule has 2 heterocycles. The SMILES string of the molecule is COc1cccc(-c2nc3c(Br)cc(C)cn3c2C(=O)O)c1. The molecule has 0 fully saturated rings. The quantitative estimate of drug-likeness (QED) is 0.771. The van der Waals surface area contributed by atoms with Crippen LogP contribution < -0.4 is 4.74 Å². The molecule has 0 saturated carbocycles. The summed E-state index contributed by atoms with van der Waals surface area (Å²) >= 11 is 3.44. The molecule has 112 valence electrons. The fourth-order valence-electron chi connectivity index (χ4n) is 2.41. The smallest absolute Gasteiger partial charge is 0.355 e. The summed E-state index contributed by atoms with van der Waals surface area (Å²) < 4.78 is 7.55. The molecule has 2 aromatic heterocycles. The number of hydrogen-bond donors (Lipinski definition) is 1. The zero-order valence-corrected chi connectivity index (χ0v) is 13.6. The maximum absolute atomic E-state index is 11.7. The molecule has 0 aliphatic carbocycles. The van der Waals surface area contributed by atoms with E-state index in [4.69, 9.17) is 4.74 Å². The second-order valence-corrected chi connectivity index (χ2v) is 5.76. The maximum Gasteiger partial charge on any atom is 0.355 e. The van der Waals surface area contributed by atoms with Gasteiger partial charge in [-0.3, -0.25) is 4.40 Å². The molecule has 0 radical (unpaired) electrons. The number of rotatable bonds is 3. The van der Waals surface area contributed by atoms with Crippen LogP contribution in [0.4, 0.5) is 0 Å². The van der Waals surface area contributed by atoms with Crippen LogP contribution in [0.1, 0.15) is 16.1 Å². The molecule has 3 aromatic rings. The minimum Gasteiger partial charge on any atom is -0.497 e. The van der Waals surface area contributed by atoms with Gasteiger partial charge in [0.15, 0.2) is 11.3 Å². The fraction of sp³-hybridized carbons (Fsp3) is 0.125. The highest BCUT2D eigenvalue weighted by Crippen LogP contribution is 2.30. The number of aromatic nitrogens is 2. The topological polar surface area (TPSA) is 63.8 Å². The Morgan fingerprint density at radius 3 is 2.82 bits per heavy atom. The van der Waals surface area contributed by atoms with E-state index in [-0.39, 0.29) is 5.69 Å². The van der Waals surface area contributed by atoms with Gasteiger partial charge in [-0.15, -0.1) is 0 Å². The van der Waals surface area contributed by atoms with E-state index in [1.807, 2.05) is 25.1 Å². The molecule has 22 heavy (non-hydrogen) atoms. The Morgan fingerprint density at radius 1 is 1.36 bits per heavy atom. The highest BCUT2D eigenvalue weighted by Gasteiger charge is 2.21. The van der Waals surface area contributed by atoms with Crippen molar-refractivity contribution >= 4 is 27.5 Å². The molecule has 5 nitrogen and oxygen atoms in total. The van der Waals surface area contributed by atoms with Crippen molar-refractivity contribution < 1.29 is 14.6 Å².